The second kappa shape index (κ2) is 5.14. The number of aromatic nitrogens is 3. The molecule has 0 amide bonds. The Balaban J connectivity index is 1.86. The van der Waals surface area contributed by atoms with Gasteiger partial charge in [-0.1, -0.05) is 5.16 Å². The zero-order chi connectivity index (χ0) is 12.3. The highest BCUT2D eigenvalue weighted by molar-refractivity contribution is 5.20. The maximum atomic E-state index is 5.13. The summed E-state index contributed by atoms with van der Waals surface area (Å²) in [5, 5.41) is 7.40. The van der Waals surface area contributed by atoms with Gasteiger partial charge in [-0.25, -0.2) is 4.98 Å². The van der Waals surface area contributed by atoms with Crippen LogP contribution in [0.25, 0.3) is 0 Å². The van der Waals surface area contributed by atoms with Gasteiger partial charge in [0.05, 0.1) is 12.0 Å². The summed E-state index contributed by atoms with van der Waals surface area (Å²) >= 11 is 0. The Morgan fingerprint density at radius 2 is 2.29 bits per heavy atom. The number of nitrogens with zero attached hydrogens (tertiary/aromatic N) is 3. The predicted octanol–water partition coefficient (Wildman–Crippen LogP) is 1.67. The van der Waals surface area contributed by atoms with Gasteiger partial charge in [-0.2, -0.15) is 0 Å². The maximum Gasteiger partial charge on any atom is 0.138 e. The highest BCUT2D eigenvalue weighted by Crippen LogP contribution is 2.11. The molecule has 2 rings (SSSR count). The molecule has 0 fully saturated rings. The van der Waals surface area contributed by atoms with Crippen LogP contribution in [0.15, 0.2) is 23.2 Å². The molecular weight excluding hydrogens is 216 g/mol. The molecule has 0 spiro atoms. The molecule has 0 saturated carbocycles. The van der Waals surface area contributed by atoms with E-state index in [0.717, 1.165) is 30.1 Å². The number of hydrogen-bond acceptors (Lipinski definition) is 4. The van der Waals surface area contributed by atoms with Crippen LogP contribution in [0.2, 0.25) is 0 Å². The van der Waals surface area contributed by atoms with Crippen molar-refractivity contribution in [1.82, 2.24) is 20.0 Å². The fourth-order valence-corrected chi connectivity index (χ4v) is 1.81. The zero-order valence-electron chi connectivity index (χ0n) is 10.5. The molecule has 5 heteroatoms. The molecule has 0 radical (unpaired) electrons. The van der Waals surface area contributed by atoms with Crippen molar-refractivity contribution in [2.75, 3.05) is 0 Å². The average Bonchev–Trinajstić information content (AvgIpc) is 2.88. The molecule has 0 aromatic carbocycles. The van der Waals surface area contributed by atoms with Crippen LogP contribution in [0, 0.1) is 13.8 Å². The molecule has 0 aliphatic rings. The molecule has 2 aromatic heterocycles. The number of imidazole rings is 1. The molecule has 1 N–H and O–H groups in total. The van der Waals surface area contributed by atoms with Crippen molar-refractivity contribution >= 4 is 0 Å². The summed E-state index contributed by atoms with van der Waals surface area (Å²) in [6, 6.07) is 0.373. The SMILES string of the molecule is Cc1noc(C)c1CNC(C)Cn1ccnc1. The fraction of sp³-hybridized carbons (Fsp3) is 0.500. The largest absolute Gasteiger partial charge is 0.361 e. The van der Waals surface area contributed by atoms with Gasteiger partial charge in [-0.15, -0.1) is 0 Å². The Morgan fingerprint density at radius 3 is 2.88 bits per heavy atom. The van der Waals surface area contributed by atoms with E-state index in [1.807, 2.05) is 26.4 Å². The van der Waals surface area contributed by atoms with Crippen molar-refractivity contribution in [1.29, 1.82) is 0 Å². The van der Waals surface area contributed by atoms with Crippen molar-refractivity contribution in [3.63, 3.8) is 0 Å². The Hall–Kier alpha value is -1.62. The van der Waals surface area contributed by atoms with Crippen molar-refractivity contribution in [3.8, 4) is 0 Å². The third-order valence-corrected chi connectivity index (χ3v) is 2.85. The molecule has 2 aromatic rings. The normalized spacial score (nSPS) is 12.9. The smallest absolute Gasteiger partial charge is 0.138 e. The molecule has 5 nitrogen and oxygen atoms in total. The highest BCUT2D eigenvalue weighted by Gasteiger charge is 2.10. The summed E-state index contributed by atoms with van der Waals surface area (Å²) in [6.07, 6.45) is 5.59. The zero-order valence-corrected chi connectivity index (χ0v) is 10.5. The van der Waals surface area contributed by atoms with Crippen LogP contribution in [-0.4, -0.2) is 20.7 Å². The van der Waals surface area contributed by atoms with Gasteiger partial charge in [0, 0.05) is 37.1 Å². The predicted molar refractivity (Wildman–Crippen MR) is 64.5 cm³/mol. The lowest BCUT2D eigenvalue weighted by Crippen LogP contribution is -2.29. The van der Waals surface area contributed by atoms with Crippen LogP contribution >= 0.6 is 0 Å². The molecule has 1 unspecified atom stereocenters. The molecule has 0 aliphatic carbocycles. The quantitative estimate of drug-likeness (QED) is 0.855. The van der Waals surface area contributed by atoms with Gasteiger partial charge >= 0.3 is 0 Å². The number of aryl methyl sites for hydroxylation is 2. The first-order valence-electron chi connectivity index (χ1n) is 5.77. The number of hydrogen-bond donors (Lipinski definition) is 1. The molecule has 2 heterocycles. The molecular formula is C12H18N4O. The first kappa shape index (κ1) is 11.9. The molecule has 17 heavy (non-hydrogen) atoms. The Kier molecular flexibility index (Phi) is 3.58. The van der Waals surface area contributed by atoms with Crippen LogP contribution in [0.3, 0.4) is 0 Å². The first-order chi connectivity index (χ1) is 8.16. The summed E-state index contributed by atoms with van der Waals surface area (Å²) in [5.74, 6) is 0.893. The standard InChI is InChI=1S/C12H18N4O/c1-9(7-16-5-4-13-8-16)14-6-12-10(2)15-17-11(12)3/h4-5,8-9,14H,6-7H2,1-3H3. The van der Waals surface area contributed by atoms with Gasteiger partial charge in [-0.3, -0.25) is 0 Å². The van der Waals surface area contributed by atoms with Crippen LogP contribution in [0.5, 0.6) is 0 Å². The van der Waals surface area contributed by atoms with Gasteiger partial charge in [0.15, 0.2) is 0 Å². The second-order valence-corrected chi connectivity index (χ2v) is 4.34. The topological polar surface area (TPSA) is 55.9 Å². The minimum absolute atomic E-state index is 0.373. The lowest BCUT2D eigenvalue weighted by Gasteiger charge is -2.14. The van der Waals surface area contributed by atoms with Crippen molar-refractivity contribution in [3.05, 3.63) is 35.7 Å². The Morgan fingerprint density at radius 1 is 1.47 bits per heavy atom. The van der Waals surface area contributed by atoms with Gasteiger partial charge in [-0.05, 0) is 20.8 Å². The lowest BCUT2D eigenvalue weighted by molar-refractivity contribution is 0.391. The van der Waals surface area contributed by atoms with Crippen molar-refractivity contribution in [2.24, 2.45) is 0 Å². The summed E-state index contributed by atoms with van der Waals surface area (Å²) < 4.78 is 7.19. The van der Waals surface area contributed by atoms with E-state index < -0.39 is 0 Å². The van der Waals surface area contributed by atoms with Gasteiger partial charge in [0.2, 0.25) is 0 Å². The van der Waals surface area contributed by atoms with E-state index in [1.54, 1.807) is 6.20 Å². The summed E-state index contributed by atoms with van der Waals surface area (Å²) in [7, 11) is 0. The van der Waals surface area contributed by atoms with Crippen molar-refractivity contribution < 1.29 is 4.52 Å². The van der Waals surface area contributed by atoms with Crippen LogP contribution < -0.4 is 5.32 Å². The third-order valence-electron chi connectivity index (χ3n) is 2.85. The number of nitrogens with one attached hydrogen (secondary N) is 1. The minimum Gasteiger partial charge on any atom is -0.361 e. The summed E-state index contributed by atoms with van der Waals surface area (Å²) in [4.78, 5) is 4.02. The molecule has 0 saturated heterocycles. The van der Waals surface area contributed by atoms with Gasteiger partial charge in [0.1, 0.15) is 5.76 Å². The molecule has 1 atom stereocenters. The first-order valence-corrected chi connectivity index (χ1v) is 5.77. The molecule has 92 valence electrons. The number of rotatable bonds is 5. The Labute approximate surface area is 101 Å². The summed E-state index contributed by atoms with van der Waals surface area (Å²) in [5.41, 5.74) is 2.12. The van der Waals surface area contributed by atoms with E-state index in [-0.39, 0.29) is 0 Å². The second-order valence-electron chi connectivity index (χ2n) is 4.34. The third kappa shape index (κ3) is 2.94. The van der Waals surface area contributed by atoms with E-state index in [2.05, 4.69) is 26.9 Å². The van der Waals surface area contributed by atoms with E-state index in [4.69, 9.17) is 4.52 Å². The minimum atomic E-state index is 0.373. The monoisotopic (exact) mass is 234 g/mol. The molecule has 0 bridgehead atoms. The van der Waals surface area contributed by atoms with E-state index >= 15 is 0 Å². The Bertz CT molecular complexity index is 441. The van der Waals surface area contributed by atoms with Crippen LogP contribution in [-0.2, 0) is 13.1 Å². The van der Waals surface area contributed by atoms with Crippen molar-refractivity contribution in [2.45, 2.75) is 39.9 Å². The van der Waals surface area contributed by atoms with Crippen LogP contribution in [0.1, 0.15) is 23.9 Å². The van der Waals surface area contributed by atoms with Crippen LogP contribution in [0.4, 0.5) is 0 Å². The molecule has 0 aliphatic heterocycles. The van der Waals surface area contributed by atoms with Gasteiger partial charge in [0.25, 0.3) is 0 Å². The highest BCUT2D eigenvalue weighted by atomic mass is 16.5. The van der Waals surface area contributed by atoms with E-state index in [1.165, 1.54) is 0 Å². The maximum absolute atomic E-state index is 5.13. The van der Waals surface area contributed by atoms with E-state index in [0.29, 0.717) is 6.04 Å². The fourth-order valence-electron chi connectivity index (χ4n) is 1.81. The van der Waals surface area contributed by atoms with Gasteiger partial charge < -0.3 is 14.4 Å². The summed E-state index contributed by atoms with van der Waals surface area (Å²) in [6.45, 7) is 7.75. The van der Waals surface area contributed by atoms with E-state index in [9.17, 15) is 0 Å². The lowest BCUT2D eigenvalue weighted by atomic mass is 10.2. The average molecular weight is 234 g/mol.